The first-order valence-corrected chi connectivity index (χ1v) is 12.8. The maximum absolute atomic E-state index is 13.1. The molecule has 1 aliphatic carbocycles. The Morgan fingerprint density at radius 1 is 1.03 bits per heavy atom. The number of carbonyl (C=O) groups is 1. The molecule has 5 rings (SSSR count). The molecule has 31 heavy (non-hydrogen) atoms. The van der Waals surface area contributed by atoms with Gasteiger partial charge in [0, 0.05) is 51.3 Å². The van der Waals surface area contributed by atoms with Crippen LogP contribution in [0.2, 0.25) is 0 Å². The van der Waals surface area contributed by atoms with E-state index in [2.05, 4.69) is 15.2 Å². The molecule has 0 atom stereocenters. The van der Waals surface area contributed by atoms with Gasteiger partial charge in [-0.05, 0) is 44.6 Å². The first kappa shape index (κ1) is 20.7. The van der Waals surface area contributed by atoms with Crippen LogP contribution in [0, 0.1) is 0 Å². The Morgan fingerprint density at radius 3 is 2.42 bits per heavy atom. The van der Waals surface area contributed by atoms with Gasteiger partial charge < -0.3 is 9.47 Å². The predicted octanol–water partition coefficient (Wildman–Crippen LogP) is 2.21. The number of rotatable bonds is 5. The third-order valence-corrected chi connectivity index (χ3v) is 8.65. The van der Waals surface area contributed by atoms with Crippen molar-refractivity contribution in [2.45, 2.75) is 61.7 Å². The summed E-state index contributed by atoms with van der Waals surface area (Å²) in [5.41, 5.74) is 0.421. The largest absolute Gasteiger partial charge is 0.345 e. The summed E-state index contributed by atoms with van der Waals surface area (Å²) < 4.78 is 29.1. The molecule has 4 heterocycles. The molecule has 1 amide bonds. The summed E-state index contributed by atoms with van der Waals surface area (Å²) in [6.07, 6.45) is 8.42. The Kier molecular flexibility index (Phi) is 5.37. The van der Waals surface area contributed by atoms with E-state index in [1.165, 1.54) is 18.9 Å². The van der Waals surface area contributed by atoms with Gasteiger partial charge in [-0.2, -0.15) is 9.40 Å². The third-order valence-electron chi connectivity index (χ3n) is 6.78. The molecule has 168 valence electrons. The van der Waals surface area contributed by atoms with E-state index < -0.39 is 10.0 Å². The molecule has 0 spiro atoms. The highest BCUT2D eigenvalue weighted by atomic mass is 32.2. The maximum Gasteiger partial charge on any atom is 0.270 e. The van der Waals surface area contributed by atoms with Gasteiger partial charge in [0.1, 0.15) is 16.4 Å². The highest BCUT2D eigenvalue weighted by Gasteiger charge is 2.33. The van der Waals surface area contributed by atoms with E-state index in [1.54, 1.807) is 22.1 Å². The van der Waals surface area contributed by atoms with E-state index in [4.69, 9.17) is 0 Å². The minimum absolute atomic E-state index is 0.114. The molecule has 2 saturated heterocycles. The minimum atomic E-state index is -3.55. The molecule has 3 fully saturated rings. The Hall–Kier alpha value is -2.20. The number of aromatic amines is 1. The lowest BCUT2D eigenvalue weighted by atomic mass is 9.96. The fraction of sp³-hybridized carbons (Fsp3) is 0.667. The molecule has 10 heteroatoms. The van der Waals surface area contributed by atoms with Crippen LogP contribution in [0.25, 0.3) is 0 Å². The molecular weight excluding hydrogens is 416 g/mol. The highest BCUT2D eigenvalue weighted by molar-refractivity contribution is 7.89. The summed E-state index contributed by atoms with van der Waals surface area (Å²) in [5, 5.41) is 7.44. The summed E-state index contributed by atoms with van der Waals surface area (Å²) in [7, 11) is -1.81. The highest BCUT2D eigenvalue weighted by Crippen LogP contribution is 2.38. The Labute approximate surface area is 182 Å². The van der Waals surface area contributed by atoms with Crippen molar-refractivity contribution in [3.8, 4) is 0 Å². The number of carbonyl (C=O) groups excluding carboxylic acids is 1. The predicted molar refractivity (Wildman–Crippen MR) is 114 cm³/mol. The van der Waals surface area contributed by atoms with E-state index in [1.807, 2.05) is 4.90 Å². The van der Waals surface area contributed by atoms with E-state index in [0.717, 1.165) is 43.8 Å². The van der Waals surface area contributed by atoms with Crippen molar-refractivity contribution in [1.82, 2.24) is 29.0 Å². The van der Waals surface area contributed by atoms with Crippen molar-refractivity contribution in [2.75, 3.05) is 26.2 Å². The Morgan fingerprint density at radius 2 is 1.74 bits per heavy atom. The van der Waals surface area contributed by atoms with Crippen molar-refractivity contribution >= 4 is 15.9 Å². The smallest absolute Gasteiger partial charge is 0.270 e. The first-order valence-electron chi connectivity index (χ1n) is 11.3. The maximum atomic E-state index is 13.1. The van der Waals surface area contributed by atoms with Gasteiger partial charge in [0.25, 0.3) is 5.91 Å². The number of nitrogens with one attached hydrogen (secondary N) is 1. The zero-order valence-corrected chi connectivity index (χ0v) is 18.8. The first-order chi connectivity index (χ1) is 14.9. The van der Waals surface area contributed by atoms with Crippen molar-refractivity contribution in [3.05, 3.63) is 29.6 Å². The van der Waals surface area contributed by atoms with Crippen molar-refractivity contribution < 1.29 is 13.2 Å². The summed E-state index contributed by atoms with van der Waals surface area (Å²) in [4.78, 5) is 19.8. The van der Waals surface area contributed by atoms with Gasteiger partial charge >= 0.3 is 0 Å². The van der Waals surface area contributed by atoms with Crippen LogP contribution in [0.5, 0.6) is 0 Å². The second-order valence-corrected chi connectivity index (χ2v) is 11.0. The van der Waals surface area contributed by atoms with Crippen LogP contribution in [-0.2, 0) is 17.1 Å². The normalized spacial score (nSPS) is 21.5. The van der Waals surface area contributed by atoms with Gasteiger partial charge in [-0.3, -0.25) is 9.89 Å². The SMILES string of the molecule is Cn1cc(S(=O)(=O)N2CCCCC2)cc1C(=O)N1CCC(c2nc(C3CC3)n[nH]2)CC1. The standard InChI is InChI=1S/C21H30N6O3S/c1-25-14-17(31(29,30)27-9-3-2-4-10-27)13-18(25)21(28)26-11-7-16(8-12-26)20-22-19(23-24-20)15-5-6-15/h13-16H,2-12H2,1H3,(H,22,23,24). The average molecular weight is 447 g/mol. The molecule has 2 aromatic heterocycles. The molecular formula is C21H30N6O3S. The second kappa shape index (κ2) is 8.05. The van der Waals surface area contributed by atoms with Crippen LogP contribution in [0.3, 0.4) is 0 Å². The number of likely N-dealkylation sites (tertiary alicyclic amines) is 1. The monoisotopic (exact) mass is 446 g/mol. The number of sulfonamides is 1. The van der Waals surface area contributed by atoms with Crippen molar-refractivity contribution in [1.29, 1.82) is 0 Å². The molecule has 9 nitrogen and oxygen atoms in total. The van der Waals surface area contributed by atoms with Crippen LogP contribution >= 0.6 is 0 Å². The van der Waals surface area contributed by atoms with E-state index >= 15 is 0 Å². The van der Waals surface area contributed by atoms with Crippen LogP contribution in [0.1, 0.15) is 78.9 Å². The third kappa shape index (κ3) is 4.03. The van der Waals surface area contributed by atoms with Crippen molar-refractivity contribution in [3.63, 3.8) is 0 Å². The van der Waals surface area contributed by atoms with Gasteiger partial charge in [-0.1, -0.05) is 6.42 Å². The molecule has 2 aromatic rings. The summed E-state index contributed by atoms with van der Waals surface area (Å²) >= 11 is 0. The zero-order chi connectivity index (χ0) is 21.6. The summed E-state index contributed by atoms with van der Waals surface area (Å²) in [6.45, 7) is 2.36. The van der Waals surface area contributed by atoms with E-state index in [9.17, 15) is 13.2 Å². The molecule has 0 unspecified atom stereocenters. The van der Waals surface area contributed by atoms with Gasteiger partial charge in [-0.25, -0.2) is 13.4 Å². The number of aryl methyl sites for hydroxylation is 1. The lowest BCUT2D eigenvalue weighted by Gasteiger charge is -2.31. The van der Waals surface area contributed by atoms with E-state index in [0.29, 0.717) is 37.8 Å². The lowest BCUT2D eigenvalue weighted by Crippen LogP contribution is -2.38. The van der Waals surface area contributed by atoms with Gasteiger partial charge in [0.15, 0.2) is 5.82 Å². The number of H-pyrrole nitrogens is 1. The molecule has 3 aliphatic rings. The summed E-state index contributed by atoms with van der Waals surface area (Å²) in [6, 6.07) is 1.54. The summed E-state index contributed by atoms with van der Waals surface area (Å²) in [5.74, 6) is 2.56. The van der Waals surface area contributed by atoms with Gasteiger partial charge in [0.2, 0.25) is 10.0 Å². The Balaban J connectivity index is 1.25. The molecule has 1 saturated carbocycles. The average Bonchev–Trinajstić information content (AvgIpc) is 3.38. The number of hydrogen-bond acceptors (Lipinski definition) is 5. The fourth-order valence-electron chi connectivity index (χ4n) is 4.65. The number of amides is 1. The molecule has 1 N–H and O–H groups in total. The molecule has 0 aromatic carbocycles. The van der Waals surface area contributed by atoms with Gasteiger partial charge in [-0.15, -0.1) is 0 Å². The quantitative estimate of drug-likeness (QED) is 0.758. The zero-order valence-electron chi connectivity index (χ0n) is 18.0. The fourth-order valence-corrected chi connectivity index (χ4v) is 6.24. The number of nitrogens with zero attached hydrogens (tertiary/aromatic N) is 5. The van der Waals surface area contributed by atoms with Gasteiger partial charge in [0.05, 0.1) is 0 Å². The minimum Gasteiger partial charge on any atom is -0.345 e. The molecule has 0 bridgehead atoms. The topological polar surface area (TPSA) is 104 Å². The number of aromatic nitrogens is 4. The Bertz CT molecular complexity index is 1060. The molecule has 0 radical (unpaired) electrons. The molecule has 2 aliphatic heterocycles. The second-order valence-electron chi connectivity index (χ2n) is 9.06. The lowest BCUT2D eigenvalue weighted by molar-refractivity contribution is 0.0701. The van der Waals surface area contributed by atoms with Crippen molar-refractivity contribution in [2.24, 2.45) is 7.05 Å². The van der Waals surface area contributed by atoms with E-state index in [-0.39, 0.29) is 16.7 Å². The number of hydrogen-bond donors (Lipinski definition) is 1. The number of piperidine rings is 2. The van der Waals surface area contributed by atoms with Crippen LogP contribution in [-0.4, -0.2) is 69.5 Å². The van der Waals surface area contributed by atoms with Crippen LogP contribution in [0.15, 0.2) is 17.2 Å². The van der Waals surface area contributed by atoms with Crippen LogP contribution in [0.4, 0.5) is 0 Å². The van der Waals surface area contributed by atoms with Crippen LogP contribution < -0.4 is 0 Å².